The molecule has 90 valence electrons. The van der Waals surface area contributed by atoms with Crippen molar-refractivity contribution in [3.8, 4) is 0 Å². The van der Waals surface area contributed by atoms with Crippen LogP contribution in [0.25, 0.3) is 0 Å². The van der Waals surface area contributed by atoms with Crippen molar-refractivity contribution < 1.29 is 10.2 Å². The molecule has 0 heterocycles. The highest BCUT2D eigenvalue weighted by Gasteiger charge is 2.18. The molecule has 0 unspecified atom stereocenters. The van der Waals surface area contributed by atoms with Crippen molar-refractivity contribution in [1.82, 2.24) is 0 Å². The lowest BCUT2D eigenvalue weighted by Crippen LogP contribution is -2.12. The maximum absolute atomic E-state index is 8.92. The average molecular weight is 258 g/mol. The highest BCUT2D eigenvalue weighted by molar-refractivity contribution is 8.18. The molecule has 0 saturated heterocycles. The minimum Gasteiger partial charge on any atom is -0.396 e. The minimum absolute atomic E-state index is 0.199. The van der Waals surface area contributed by atoms with E-state index in [4.69, 9.17) is 22.0 Å². The molecule has 0 aromatic heterocycles. The summed E-state index contributed by atoms with van der Waals surface area (Å²) in [6, 6.07) is 8.57. The third-order valence-corrected chi connectivity index (χ3v) is 7.63. The van der Waals surface area contributed by atoms with E-state index in [1.54, 1.807) is 0 Å². The number of aliphatic hydroxyl groups is 2. The fourth-order valence-electron chi connectivity index (χ4n) is 1.72. The maximum atomic E-state index is 8.92. The lowest BCUT2D eigenvalue weighted by molar-refractivity contribution is 0.294. The molecule has 0 fully saturated rings. The third-order valence-electron chi connectivity index (χ3n) is 2.58. The first-order valence-corrected chi connectivity index (χ1v) is 8.75. The van der Waals surface area contributed by atoms with Gasteiger partial charge >= 0.3 is 0 Å². The molecule has 0 spiro atoms. The summed E-state index contributed by atoms with van der Waals surface area (Å²) >= 11 is 5.79. The second-order valence-electron chi connectivity index (χ2n) is 3.83. The smallest absolute Gasteiger partial charge is 0.0434 e. The van der Waals surface area contributed by atoms with E-state index in [1.807, 2.05) is 18.2 Å². The van der Waals surface area contributed by atoms with E-state index in [1.165, 1.54) is 5.30 Å². The molecule has 1 aromatic rings. The van der Waals surface area contributed by atoms with E-state index in [-0.39, 0.29) is 13.2 Å². The second-order valence-corrected chi connectivity index (χ2v) is 9.11. The van der Waals surface area contributed by atoms with Gasteiger partial charge in [-0.15, -0.1) is 0 Å². The van der Waals surface area contributed by atoms with Crippen LogP contribution in [0.3, 0.4) is 0 Å². The normalized spacial score (nSPS) is 11.6. The quantitative estimate of drug-likeness (QED) is 0.729. The first-order chi connectivity index (χ1) is 7.73. The number of aliphatic hydroxyl groups excluding tert-OH is 2. The van der Waals surface area contributed by atoms with E-state index in [0.29, 0.717) is 0 Å². The summed E-state index contributed by atoms with van der Waals surface area (Å²) < 4.78 is 0. The molecule has 4 heteroatoms. The zero-order chi connectivity index (χ0) is 11.9. The summed E-state index contributed by atoms with van der Waals surface area (Å²) in [4.78, 5) is 0. The van der Waals surface area contributed by atoms with Gasteiger partial charge < -0.3 is 10.2 Å². The Morgan fingerprint density at radius 1 is 0.938 bits per heavy atom. The lowest BCUT2D eigenvalue weighted by Gasteiger charge is -2.22. The highest BCUT2D eigenvalue weighted by atomic mass is 32.4. The predicted octanol–water partition coefficient (Wildman–Crippen LogP) is 1.56. The van der Waals surface area contributed by atoms with E-state index in [2.05, 4.69) is 12.1 Å². The molecular formula is C12H19O2PS. The Morgan fingerprint density at radius 2 is 1.44 bits per heavy atom. The maximum Gasteiger partial charge on any atom is 0.0434 e. The van der Waals surface area contributed by atoms with Crippen molar-refractivity contribution in [1.29, 1.82) is 0 Å². The second kappa shape index (κ2) is 7.18. The first kappa shape index (κ1) is 13.9. The van der Waals surface area contributed by atoms with Crippen LogP contribution in [-0.2, 0) is 11.8 Å². The fraction of sp³-hybridized carbons (Fsp3) is 0.500. The summed E-state index contributed by atoms with van der Waals surface area (Å²) in [6.07, 6.45) is 3.31. The number of hydrogen-bond acceptors (Lipinski definition) is 3. The van der Waals surface area contributed by atoms with Crippen molar-refractivity contribution in [2.24, 2.45) is 0 Å². The van der Waals surface area contributed by atoms with Gasteiger partial charge in [0.15, 0.2) is 0 Å². The third kappa shape index (κ3) is 3.99. The Kier molecular flexibility index (Phi) is 6.22. The van der Waals surface area contributed by atoms with Crippen LogP contribution in [0.1, 0.15) is 12.8 Å². The summed E-state index contributed by atoms with van der Waals surface area (Å²) in [6.45, 7) is 0.398. The summed E-state index contributed by atoms with van der Waals surface area (Å²) in [7, 11) is 0. The Balaban J connectivity index is 2.82. The van der Waals surface area contributed by atoms with Gasteiger partial charge in [0.2, 0.25) is 0 Å². The van der Waals surface area contributed by atoms with Crippen molar-refractivity contribution in [2.75, 3.05) is 25.5 Å². The molecule has 0 aliphatic carbocycles. The van der Waals surface area contributed by atoms with Gasteiger partial charge in [0, 0.05) is 13.2 Å². The zero-order valence-corrected chi connectivity index (χ0v) is 11.1. The Morgan fingerprint density at radius 3 is 1.88 bits per heavy atom. The Bertz CT molecular complexity index is 328. The molecule has 0 radical (unpaired) electrons. The molecule has 0 aliphatic rings. The molecule has 0 amide bonds. The molecule has 0 aliphatic heterocycles. The van der Waals surface area contributed by atoms with Gasteiger partial charge in [-0.1, -0.05) is 42.1 Å². The molecular weight excluding hydrogens is 239 g/mol. The van der Waals surface area contributed by atoms with Crippen molar-refractivity contribution >= 4 is 23.1 Å². The molecule has 16 heavy (non-hydrogen) atoms. The predicted molar refractivity (Wildman–Crippen MR) is 73.5 cm³/mol. The Hall–Kier alpha value is -0.210. The van der Waals surface area contributed by atoms with E-state index < -0.39 is 6.04 Å². The van der Waals surface area contributed by atoms with Crippen LogP contribution >= 0.6 is 6.04 Å². The van der Waals surface area contributed by atoms with Gasteiger partial charge in [0.05, 0.1) is 0 Å². The number of rotatable bonds is 7. The van der Waals surface area contributed by atoms with E-state index in [9.17, 15) is 0 Å². The van der Waals surface area contributed by atoms with Crippen LogP contribution in [0.2, 0.25) is 0 Å². The molecule has 2 N–H and O–H groups in total. The van der Waals surface area contributed by atoms with Crippen LogP contribution in [0.5, 0.6) is 0 Å². The van der Waals surface area contributed by atoms with E-state index in [0.717, 1.165) is 25.2 Å². The molecule has 1 rings (SSSR count). The van der Waals surface area contributed by atoms with Gasteiger partial charge in [-0.05, 0) is 36.5 Å². The highest BCUT2D eigenvalue weighted by Crippen LogP contribution is 2.45. The summed E-state index contributed by atoms with van der Waals surface area (Å²) in [5.74, 6) is 0. The molecule has 0 bridgehead atoms. The minimum atomic E-state index is -1.59. The van der Waals surface area contributed by atoms with Crippen LogP contribution in [0, 0.1) is 0 Å². The lowest BCUT2D eigenvalue weighted by atomic mass is 10.4. The van der Waals surface area contributed by atoms with Gasteiger partial charge in [-0.3, -0.25) is 0 Å². The van der Waals surface area contributed by atoms with Crippen molar-refractivity contribution in [3.63, 3.8) is 0 Å². The zero-order valence-electron chi connectivity index (χ0n) is 9.38. The number of hydrogen-bond donors (Lipinski definition) is 2. The SMILES string of the molecule is OCCCP(=S)(CCCO)c1ccccc1. The Labute approximate surface area is 102 Å². The number of benzene rings is 1. The van der Waals surface area contributed by atoms with Crippen LogP contribution in [0.4, 0.5) is 0 Å². The largest absolute Gasteiger partial charge is 0.396 e. The topological polar surface area (TPSA) is 40.5 Å². The van der Waals surface area contributed by atoms with Crippen molar-refractivity contribution in [3.05, 3.63) is 30.3 Å². The van der Waals surface area contributed by atoms with Gasteiger partial charge in [-0.25, -0.2) is 0 Å². The molecule has 1 aromatic carbocycles. The van der Waals surface area contributed by atoms with Crippen molar-refractivity contribution in [2.45, 2.75) is 12.8 Å². The molecule has 2 nitrogen and oxygen atoms in total. The fourth-order valence-corrected chi connectivity index (χ4v) is 5.62. The summed E-state index contributed by atoms with van der Waals surface area (Å²) in [5, 5.41) is 19.1. The van der Waals surface area contributed by atoms with Crippen LogP contribution in [-0.4, -0.2) is 35.8 Å². The van der Waals surface area contributed by atoms with Gasteiger partial charge in [-0.2, -0.15) is 0 Å². The summed E-state index contributed by atoms with van der Waals surface area (Å²) in [5.41, 5.74) is 0. The first-order valence-electron chi connectivity index (χ1n) is 5.58. The van der Waals surface area contributed by atoms with Gasteiger partial charge in [0.25, 0.3) is 0 Å². The van der Waals surface area contributed by atoms with Crippen LogP contribution in [0.15, 0.2) is 30.3 Å². The van der Waals surface area contributed by atoms with Gasteiger partial charge in [0.1, 0.15) is 0 Å². The molecule has 0 atom stereocenters. The van der Waals surface area contributed by atoms with E-state index >= 15 is 0 Å². The average Bonchev–Trinajstić information content (AvgIpc) is 2.35. The van der Waals surface area contributed by atoms with Crippen LogP contribution < -0.4 is 5.30 Å². The standard InChI is InChI=1S/C12H19O2PS/c13-8-4-10-15(16,11-5-9-14)12-6-2-1-3-7-12/h1-3,6-7,13-14H,4-5,8-11H2. The monoisotopic (exact) mass is 258 g/mol. The molecule has 0 saturated carbocycles.